The van der Waals surface area contributed by atoms with Crippen molar-refractivity contribution in [3.63, 3.8) is 0 Å². The largest absolute Gasteiger partial charge is 0.454 e. The third-order valence-electron chi connectivity index (χ3n) is 4.93. The van der Waals surface area contributed by atoms with Gasteiger partial charge in [-0.1, -0.05) is 41.4 Å². The van der Waals surface area contributed by atoms with Crippen molar-refractivity contribution in [1.29, 1.82) is 0 Å². The molecule has 3 aromatic rings. The van der Waals surface area contributed by atoms with E-state index in [1.54, 1.807) is 66.7 Å². The van der Waals surface area contributed by atoms with Crippen LogP contribution in [0.2, 0.25) is 10.0 Å². The van der Waals surface area contributed by atoms with Crippen LogP contribution in [0.15, 0.2) is 72.4 Å². The summed E-state index contributed by atoms with van der Waals surface area (Å²) in [6.45, 7) is 0.136. The van der Waals surface area contributed by atoms with E-state index in [1.165, 1.54) is 0 Å². The van der Waals surface area contributed by atoms with Gasteiger partial charge in [-0.05, 0) is 48.0 Å². The summed E-state index contributed by atoms with van der Waals surface area (Å²) >= 11 is 12.1. The molecule has 0 spiro atoms. The van der Waals surface area contributed by atoms with Crippen LogP contribution < -0.4 is 19.7 Å². The van der Waals surface area contributed by atoms with Crippen molar-refractivity contribution in [3.05, 3.63) is 88.0 Å². The normalized spacial score (nSPS) is 15.1. The Morgan fingerprint density at radius 1 is 0.806 bits per heavy atom. The highest BCUT2D eigenvalue weighted by molar-refractivity contribution is 6.46. The molecule has 0 atom stereocenters. The van der Waals surface area contributed by atoms with Gasteiger partial charge >= 0.3 is 0 Å². The summed E-state index contributed by atoms with van der Waals surface area (Å²) in [6.07, 6.45) is 0. The van der Waals surface area contributed by atoms with Crippen LogP contribution in [0, 0.1) is 0 Å². The number of carbonyl (C=O) groups is 2. The minimum absolute atomic E-state index is 0.136. The van der Waals surface area contributed by atoms with E-state index in [9.17, 15) is 9.59 Å². The molecule has 1 N–H and O–H groups in total. The molecule has 2 aliphatic rings. The monoisotopic (exact) mass is 452 g/mol. The van der Waals surface area contributed by atoms with E-state index < -0.39 is 11.8 Å². The first-order valence-corrected chi connectivity index (χ1v) is 10.1. The zero-order chi connectivity index (χ0) is 21.5. The van der Waals surface area contributed by atoms with Gasteiger partial charge in [0.25, 0.3) is 11.8 Å². The van der Waals surface area contributed by atoms with Crippen molar-refractivity contribution >= 4 is 52.0 Å². The van der Waals surface area contributed by atoms with Gasteiger partial charge in [-0.3, -0.25) is 9.59 Å². The number of fused-ring (bicyclic) bond motifs is 1. The van der Waals surface area contributed by atoms with Gasteiger partial charge in [0.1, 0.15) is 5.70 Å². The predicted molar refractivity (Wildman–Crippen MR) is 119 cm³/mol. The maximum Gasteiger partial charge on any atom is 0.282 e. The van der Waals surface area contributed by atoms with Crippen molar-refractivity contribution < 1.29 is 19.1 Å². The molecule has 6 nitrogen and oxygen atoms in total. The van der Waals surface area contributed by atoms with Crippen LogP contribution in [0.5, 0.6) is 11.5 Å². The second-order valence-corrected chi connectivity index (χ2v) is 7.75. The van der Waals surface area contributed by atoms with E-state index in [1.807, 2.05) is 0 Å². The summed E-state index contributed by atoms with van der Waals surface area (Å²) in [6, 6.07) is 18.5. The minimum Gasteiger partial charge on any atom is -0.454 e. The number of hydrogen-bond acceptors (Lipinski definition) is 5. The molecule has 0 aromatic heterocycles. The standard InChI is InChI=1S/C23H14Cl2N2O4/c24-14-6-4-13(5-7-14)20-21(26-16-8-9-18-19(11-16)31-12-30-18)23(29)27(22(20)28)17-3-1-2-15(25)10-17/h1-11,26H,12H2. The molecule has 5 rings (SSSR count). The van der Waals surface area contributed by atoms with Crippen LogP contribution in [-0.4, -0.2) is 18.6 Å². The van der Waals surface area contributed by atoms with Gasteiger partial charge in [-0.15, -0.1) is 0 Å². The number of halogens is 2. The highest BCUT2D eigenvalue weighted by Crippen LogP contribution is 2.38. The molecule has 3 aromatic carbocycles. The van der Waals surface area contributed by atoms with Gasteiger partial charge in [0, 0.05) is 21.8 Å². The average molecular weight is 453 g/mol. The Balaban J connectivity index is 1.60. The van der Waals surface area contributed by atoms with Crippen LogP contribution in [-0.2, 0) is 9.59 Å². The molecule has 0 aliphatic carbocycles. The number of amides is 2. The molecule has 0 unspecified atom stereocenters. The predicted octanol–water partition coefficient (Wildman–Crippen LogP) is 5.12. The Morgan fingerprint density at radius 2 is 1.58 bits per heavy atom. The van der Waals surface area contributed by atoms with Crippen molar-refractivity contribution in [2.45, 2.75) is 0 Å². The lowest BCUT2D eigenvalue weighted by Crippen LogP contribution is -2.32. The maximum atomic E-state index is 13.4. The molecule has 0 fully saturated rings. The van der Waals surface area contributed by atoms with E-state index >= 15 is 0 Å². The molecule has 0 saturated heterocycles. The number of benzene rings is 3. The first-order chi connectivity index (χ1) is 15.0. The maximum absolute atomic E-state index is 13.4. The lowest BCUT2D eigenvalue weighted by molar-refractivity contribution is -0.120. The van der Waals surface area contributed by atoms with Crippen molar-refractivity contribution in [2.75, 3.05) is 17.0 Å². The second kappa shape index (κ2) is 7.65. The topological polar surface area (TPSA) is 67.9 Å². The van der Waals surface area contributed by atoms with Crippen molar-refractivity contribution in [2.24, 2.45) is 0 Å². The molecule has 31 heavy (non-hydrogen) atoms. The van der Waals surface area contributed by atoms with Crippen LogP contribution in [0.3, 0.4) is 0 Å². The molecular formula is C23H14Cl2N2O4. The van der Waals surface area contributed by atoms with Gasteiger partial charge in [-0.25, -0.2) is 4.90 Å². The number of anilines is 2. The zero-order valence-electron chi connectivity index (χ0n) is 15.9. The van der Waals surface area contributed by atoms with E-state index in [0.717, 1.165) is 4.90 Å². The number of imide groups is 1. The Morgan fingerprint density at radius 3 is 2.35 bits per heavy atom. The lowest BCUT2D eigenvalue weighted by Gasteiger charge is -2.15. The summed E-state index contributed by atoms with van der Waals surface area (Å²) in [5, 5.41) is 4.04. The van der Waals surface area contributed by atoms with E-state index in [-0.39, 0.29) is 18.1 Å². The zero-order valence-corrected chi connectivity index (χ0v) is 17.4. The molecule has 2 aliphatic heterocycles. The summed E-state index contributed by atoms with van der Waals surface area (Å²) in [4.78, 5) is 27.9. The van der Waals surface area contributed by atoms with Crippen molar-refractivity contribution in [1.82, 2.24) is 0 Å². The third kappa shape index (κ3) is 3.50. The van der Waals surface area contributed by atoms with E-state index in [2.05, 4.69) is 5.32 Å². The molecule has 8 heteroatoms. The first-order valence-electron chi connectivity index (χ1n) is 9.32. The highest BCUT2D eigenvalue weighted by Gasteiger charge is 2.40. The number of nitrogens with one attached hydrogen (secondary N) is 1. The van der Waals surface area contributed by atoms with Gasteiger partial charge in [-0.2, -0.15) is 0 Å². The Hall–Kier alpha value is -3.48. The third-order valence-corrected chi connectivity index (χ3v) is 5.41. The van der Waals surface area contributed by atoms with Crippen LogP contribution in [0.4, 0.5) is 11.4 Å². The smallest absolute Gasteiger partial charge is 0.282 e. The van der Waals surface area contributed by atoms with E-state index in [0.29, 0.717) is 38.5 Å². The molecule has 2 amide bonds. The van der Waals surface area contributed by atoms with Gasteiger partial charge in [0.05, 0.1) is 11.3 Å². The quantitative estimate of drug-likeness (QED) is 0.556. The lowest BCUT2D eigenvalue weighted by atomic mass is 10.0. The molecule has 0 radical (unpaired) electrons. The summed E-state index contributed by atoms with van der Waals surface area (Å²) in [5.74, 6) is 0.224. The Kier molecular flexibility index (Phi) is 4.81. The minimum atomic E-state index is -0.491. The Labute approximate surface area is 187 Å². The van der Waals surface area contributed by atoms with Gasteiger partial charge < -0.3 is 14.8 Å². The van der Waals surface area contributed by atoms with E-state index in [4.69, 9.17) is 32.7 Å². The number of ether oxygens (including phenoxy) is 2. The summed E-state index contributed by atoms with van der Waals surface area (Å²) in [5.41, 5.74) is 1.91. The SMILES string of the molecule is O=C1C(Nc2ccc3c(c2)OCO3)=C(c2ccc(Cl)cc2)C(=O)N1c1cccc(Cl)c1. The number of rotatable bonds is 4. The molecule has 2 heterocycles. The number of carbonyl (C=O) groups excluding carboxylic acids is 2. The Bertz CT molecular complexity index is 1250. The van der Waals surface area contributed by atoms with Gasteiger partial charge in [0.2, 0.25) is 6.79 Å². The highest BCUT2D eigenvalue weighted by atomic mass is 35.5. The summed E-state index contributed by atoms with van der Waals surface area (Å²) in [7, 11) is 0. The fourth-order valence-corrected chi connectivity index (χ4v) is 3.81. The number of nitrogens with zero attached hydrogens (tertiary/aromatic N) is 1. The molecule has 0 bridgehead atoms. The summed E-state index contributed by atoms with van der Waals surface area (Å²) < 4.78 is 10.7. The van der Waals surface area contributed by atoms with Crippen molar-refractivity contribution in [3.8, 4) is 11.5 Å². The molecular weight excluding hydrogens is 439 g/mol. The second-order valence-electron chi connectivity index (χ2n) is 6.88. The fraction of sp³-hybridized carbons (Fsp3) is 0.0435. The van der Waals surface area contributed by atoms with Gasteiger partial charge in [0.15, 0.2) is 11.5 Å². The van der Waals surface area contributed by atoms with Crippen LogP contribution in [0.1, 0.15) is 5.56 Å². The first kappa shape index (κ1) is 19.5. The van der Waals surface area contributed by atoms with Crippen LogP contribution in [0.25, 0.3) is 5.57 Å². The van der Waals surface area contributed by atoms with Crippen LogP contribution >= 0.6 is 23.2 Å². The number of hydrogen-bond donors (Lipinski definition) is 1. The molecule has 154 valence electrons. The fourth-order valence-electron chi connectivity index (χ4n) is 3.50. The average Bonchev–Trinajstić information content (AvgIpc) is 3.31. The molecule has 0 saturated carbocycles.